The van der Waals surface area contributed by atoms with Gasteiger partial charge in [-0.05, 0) is 60.7 Å². The van der Waals surface area contributed by atoms with Crippen LogP contribution in [0.15, 0.2) is 60.7 Å². The molecule has 0 amide bonds. The van der Waals surface area contributed by atoms with Crippen LogP contribution < -0.4 is 0 Å². The zero-order valence-corrected chi connectivity index (χ0v) is 20.9. The van der Waals surface area contributed by atoms with Gasteiger partial charge in [-0.1, -0.05) is 36.4 Å². The summed E-state index contributed by atoms with van der Waals surface area (Å²) in [4.78, 5) is 63.8. The van der Waals surface area contributed by atoms with E-state index in [4.69, 9.17) is 30.6 Å². The van der Waals surface area contributed by atoms with Crippen molar-refractivity contribution in [2.75, 3.05) is 0 Å². The lowest BCUT2D eigenvalue weighted by Crippen LogP contribution is -2.25. The highest BCUT2D eigenvalue weighted by atomic mass is 16.4. The number of aromatic carboxylic acids is 4. The average Bonchev–Trinajstić information content (AvgIpc) is 2.92. The predicted octanol–water partition coefficient (Wildman–Crippen LogP) is 4.28. The summed E-state index contributed by atoms with van der Waals surface area (Å²) in [6.07, 6.45) is 2.03. The van der Waals surface area contributed by atoms with Crippen LogP contribution in [0.1, 0.15) is 67.1 Å². The lowest BCUT2D eigenvalue weighted by molar-refractivity contribution is -0.148. The van der Waals surface area contributed by atoms with Gasteiger partial charge in [0.25, 0.3) is 0 Å². The molecule has 1 saturated carbocycles. The van der Waals surface area contributed by atoms with E-state index < -0.39 is 35.8 Å². The molecule has 210 valence electrons. The quantitative estimate of drug-likeness (QED) is 0.251. The number of aliphatic carboxylic acids is 2. The van der Waals surface area contributed by atoms with Crippen molar-refractivity contribution in [1.29, 1.82) is 0 Å². The highest BCUT2D eigenvalue weighted by Gasteiger charge is 2.29. The van der Waals surface area contributed by atoms with Crippen LogP contribution in [-0.4, -0.2) is 66.5 Å². The first-order valence-electron chi connectivity index (χ1n) is 11.8. The molecule has 0 aliphatic heterocycles. The second-order valence-electron chi connectivity index (χ2n) is 8.70. The second-order valence-corrected chi connectivity index (χ2v) is 8.70. The summed E-state index contributed by atoms with van der Waals surface area (Å²) in [5.41, 5.74) is -0.156. The van der Waals surface area contributed by atoms with Crippen LogP contribution in [-0.2, 0) is 9.59 Å². The molecule has 3 aromatic rings. The molecule has 0 heterocycles. The monoisotopic (exact) mass is 554 g/mol. The van der Waals surface area contributed by atoms with Gasteiger partial charge >= 0.3 is 35.8 Å². The van der Waals surface area contributed by atoms with E-state index in [-0.39, 0.29) is 34.1 Å². The van der Waals surface area contributed by atoms with Gasteiger partial charge in [-0.25, -0.2) is 19.2 Å². The molecule has 1 fully saturated rings. The van der Waals surface area contributed by atoms with E-state index in [0.717, 1.165) is 0 Å². The largest absolute Gasteiger partial charge is 0.481 e. The zero-order valence-electron chi connectivity index (χ0n) is 20.9. The number of hydrogen-bond acceptors (Lipinski definition) is 6. The summed E-state index contributed by atoms with van der Waals surface area (Å²) in [7, 11) is 0. The van der Waals surface area contributed by atoms with Gasteiger partial charge in [-0.15, -0.1) is 0 Å². The van der Waals surface area contributed by atoms with Crippen molar-refractivity contribution >= 4 is 46.6 Å². The Hall–Kier alpha value is -5.26. The van der Waals surface area contributed by atoms with E-state index in [9.17, 15) is 28.8 Å². The minimum Gasteiger partial charge on any atom is -0.481 e. The minimum absolute atomic E-state index is 0.112. The fourth-order valence-corrected chi connectivity index (χ4v) is 4.12. The Bertz CT molecular complexity index is 1330. The van der Waals surface area contributed by atoms with Crippen LogP contribution in [0.3, 0.4) is 0 Å². The first-order valence-corrected chi connectivity index (χ1v) is 11.8. The summed E-state index contributed by atoms with van der Waals surface area (Å²) in [6, 6.07) is 14.7. The highest BCUT2D eigenvalue weighted by molar-refractivity contribution is 6.11. The summed E-state index contributed by atoms with van der Waals surface area (Å²) < 4.78 is 0. The van der Waals surface area contributed by atoms with Gasteiger partial charge in [0, 0.05) is 0 Å². The lowest BCUT2D eigenvalue weighted by atomic mass is 9.82. The van der Waals surface area contributed by atoms with Gasteiger partial charge in [0.05, 0.1) is 34.1 Å². The SMILES string of the molecule is O=C(O)C1CCC(C(=O)O)CC1.O=C(O)c1ccc(C(=O)O)c2ccccc12.O=C(O)c1ccccc1C(=O)O. The molecule has 4 rings (SSSR count). The van der Waals surface area contributed by atoms with E-state index in [1.54, 1.807) is 24.3 Å². The molecular formula is C28H26O12. The van der Waals surface area contributed by atoms with Gasteiger partial charge in [0.1, 0.15) is 0 Å². The first-order chi connectivity index (χ1) is 18.8. The Morgan fingerprint density at radius 1 is 0.425 bits per heavy atom. The van der Waals surface area contributed by atoms with E-state index in [2.05, 4.69) is 0 Å². The third-order valence-corrected chi connectivity index (χ3v) is 6.20. The highest BCUT2D eigenvalue weighted by Crippen LogP contribution is 2.28. The van der Waals surface area contributed by atoms with Crippen molar-refractivity contribution in [1.82, 2.24) is 0 Å². The molecule has 0 atom stereocenters. The molecule has 0 spiro atoms. The van der Waals surface area contributed by atoms with Crippen molar-refractivity contribution in [3.8, 4) is 0 Å². The summed E-state index contributed by atoms with van der Waals surface area (Å²) in [6.45, 7) is 0. The maximum atomic E-state index is 10.9. The van der Waals surface area contributed by atoms with Crippen molar-refractivity contribution in [2.24, 2.45) is 11.8 Å². The number of hydrogen-bond donors (Lipinski definition) is 6. The average molecular weight is 555 g/mol. The van der Waals surface area contributed by atoms with Crippen molar-refractivity contribution in [2.45, 2.75) is 25.7 Å². The molecule has 1 aliphatic rings. The molecule has 6 N–H and O–H groups in total. The molecule has 0 radical (unpaired) electrons. The number of rotatable bonds is 6. The topological polar surface area (TPSA) is 224 Å². The molecule has 0 aromatic heterocycles. The molecule has 40 heavy (non-hydrogen) atoms. The number of carbonyl (C=O) groups is 6. The van der Waals surface area contributed by atoms with Crippen LogP contribution in [0.4, 0.5) is 0 Å². The van der Waals surface area contributed by atoms with Crippen LogP contribution in [0.5, 0.6) is 0 Å². The predicted molar refractivity (Wildman–Crippen MR) is 139 cm³/mol. The molecule has 12 nitrogen and oxygen atoms in total. The van der Waals surface area contributed by atoms with Gasteiger partial charge in [0.2, 0.25) is 0 Å². The summed E-state index contributed by atoms with van der Waals surface area (Å²) in [5.74, 6) is -6.80. The zero-order chi connectivity index (χ0) is 30.0. The van der Waals surface area contributed by atoms with Crippen molar-refractivity contribution in [3.63, 3.8) is 0 Å². The Balaban J connectivity index is 0.000000214. The maximum absolute atomic E-state index is 10.9. The molecule has 1 aliphatic carbocycles. The molecule has 0 saturated heterocycles. The molecular weight excluding hydrogens is 528 g/mol. The van der Waals surface area contributed by atoms with E-state index >= 15 is 0 Å². The first kappa shape index (κ1) is 31.0. The lowest BCUT2D eigenvalue weighted by Gasteiger charge is -2.22. The maximum Gasteiger partial charge on any atom is 0.336 e. The summed E-state index contributed by atoms with van der Waals surface area (Å²) >= 11 is 0. The normalized spacial score (nSPS) is 15.8. The summed E-state index contributed by atoms with van der Waals surface area (Å²) in [5, 5.41) is 53.1. The van der Waals surface area contributed by atoms with Gasteiger partial charge in [-0.3, -0.25) is 9.59 Å². The van der Waals surface area contributed by atoms with E-state index in [1.165, 1.54) is 36.4 Å². The number of benzene rings is 3. The third kappa shape index (κ3) is 8.12. The molecule has 0 bridgehead atoms. The fourth-order valence-electron chi connectivity index (χ4n) is 4.12. The van der Waals surface area contributed by atoms with Gasteiger partial charge in [0.15, 0.2) is 0 Å². The molecule has 12 heteroatoms. The third-order valence-electron chi connectivity index (χ3n) is 6.20. The smallest absolute Gasteiger partial charge is 0.336 e. The Kier molecular flexibility index (Phi) is 10.9. The Morgan fingerprint density at radius 2 is 0.700 bits per heavy atom. The number of carboxylic acid groups (broad SMARTS) is 6. The van der Waals surface area contributed by atoms with Gasteiger partial charge < -0.3 is 30.6 Å². The van der Waals surface area contributed by atoms with Crippen molar-refractivity contribution in [3.05, 3.63) is 82.9 Å². The van der Waals surface area contributed by atoms with E-state index in [1.807, 2.05) is 0 Å². The number of fused-ring (bicyclic) bond motifs is 1. The van der Waals surface area contributed by atoms with Crippen LogP contribution in [0.2, 0.25) is 0 Å². The standard InChI is InChI=1S/C12H8O4.C8H12O4.C8H6O4/c13-11(14)9-5-6-10(12(15)16)8-4-2-1-3-7(8)9;9-7(10)5-1-2-6(4-3-5)8(11)12;9-7(10)5-3-1-2-4-6(5)8(11)12/h1-6H,(H,13,14)(H,15,16);5-6H,1-4H2,(H,9,10)(H,11,12);1-4H,(H,9,10)(H,11,12). The minimum atomic E-state index is -1.23. The van der Waals surface area contributed by atoms with Crippen molar-refractivity contribution < 1.29 is 59.4 Å². The Labute approximate surface area is 226 Å². The van der Waals surface area contributed by atoms with Crippen LogP contribution >= 0.6 is 0 Å². The second kappa shape index (κ2) is 14.0. The fraction of sp³-hybridized carbons (Fsp3) is 0.214. The molecule has 0 unspecified atom stereocenters. The number of carboxylic acids is 6. The molecule has 3 aromatic carbocycles. The van der Waals surface area contributed by atoms with E-state index in [0.29, 0.717) is 36.5 Å². The Morgan fingerprint density at radius 3 is 0.950 bits per heavy atom. The van der Waals surface area contributed by atoms with Crippen LogP contribution in [0.25, 0.3) is 10.8 Å². The van der Waals surface area contributed by atoms with Gasteiger partial charge in [-0.2, -0.15) is 0 Å². The van der Waals surface area contributed by atoms with Crippen LogP contribution in [0, 0.1) is 11.8 Å².